The van der Waals surface area contributed by atoms with Crippen molar-refractivity contribution in [2.24, 2.45) is 0 Å². The lowest BCUT2D eigenvalue weighted by atomic mass is 12.0. The maximum absolute atomic E-state index is 3.89. The molecule has 0 aromatic heterocycles. The summed E-state index contributed by atoms with van der Waals surface area (Å²) in [5.41, 5.74) is 0. The lowest BCUT2D eigenvalue weighted by Crippen LogP contribution is -0.399. The molecule has 8 heavy (non-hydrogen) atoms. The molecule has 60 valence electrons. The van der Waals surface area contributed by atoms with E-state index in [4.69, 9.17) is 0 Å². The Bertz CT molecular complexity index is 8.49. The van der Waals surface area contributed by atoms with E-state index in [1.807, 2.05) is 0 Å². The Kier molecular flexibility index (Phi) is 30800. The van der Waals surface area contributed by atoms with Gasteiger partial charge in [0.25, 0.3) is 0 Å². The van der Waals surface area contributed by atoms with Crippen LogP contribution in [0.5, 0.6) is 0 Å². The lowest BCUT2D eigenvalue weighted by Gasteiger charge is -0.760. The molecule has 0 rings (SSSR count). The largest absolute Gasteiger partial charge is 0.0776 e. The number of rotatable bonds is 0. The third kappa shape index (κ3) is 735. The standard InChI is InChI=1S/6CH4.HPS/c;;;;;;1-2/h6*1H4;1H. The minimum absolute atomic E-state index is 0. The Morgan fingerprint density at radius 3 is 0.500 bits per heavy atom. The SMILES string of the molecule is C.C.C.C.C.C.P=S. The fourth-order valence-electron chi connectivity index (χ4n) is 0. The maximum Gasteiger partial charge on any atom is -0.0437 e. The molecule has 0 aliphatic rings. The van der Waals surface area contributed by atoms with Gasteiger partial charge in [-0.3, -0.25) is 0 Å². The molecule has 0 spiro atoms. The Morgan fingerprint density at radius 1 is 0.500 bits per heavy atom. The van der Waals surface area contributed by atoms with Crippen LogP contribution in [0.1, 0.15) is 44.6 Å². The molecular weight excluding hydrogens is 135 g/mol. The van der Waals surface area contributed by atoms with E-state index < -0.39 is 0 Å². The first-order valence-corrected chi connectivity index (χ1v) is 1.84. The zero-order valence-corrected chi connectivity index (χ0v) is 2.72. The molecule has 2 heteroatoms. The summed E-state index contributed by atoms with van der Waals surface area (Å²) in [4.78, 5) is 0. The van der Waals surface area contributed by atoms with Crippen molar-refractivity contribution in [1.82, 2.24) is 0 Å². The van der Waals surface area contributed by atoms with E-state index in [-0.39, 0.29) is 44.6 Å². The Hall–Kier alpha value is 0.520. The van der Waals surface area contributed by atoms with E-state index in [9.17, 15) is 0 Å². The zero-order valence-electron chi connectivity index (χ0n) is 0.908. The fourth-order valence-corrected chi connectivity index (χ4v) is 0. The highest BCUT2D eigenvalue weighted by Crippen LogP contribution is 1.26. The molecule has 0 aliphatic heterocycles. The molecule has 0 saturated heterocycles. The molecule has 0 aromatic carbocycles. The van der Waals surface area contributed by atoms with Crippen molar-refractivity contribution in [2.75, 3.05) is 0 Å². The molecule has 0 radical (unpaired) electrons. The molecule has 0 amide bonds. The summed E-state index contributed by atoms with van der Waals surface area (Å²) in [5, 5.41) is 0. The van der Waals surface area contributed by atoms with Crippen molar-refractivity contribution < 1.29 is 0 Å². The van der Waals surface area contributed by atoms with Crippen molar-refractivity contribution >= 4 is 19.8 Å². The van der Waals surface area contributed by atoms with Crippen LogP contribution in [0.4, 0.5) is 0 Å². The summed E-state index contributed by atoms with van der Waals surface area (Å²) < 4.78 is 0. The molecule has 0 aromatic rings. The molecule has 0 N–H and O–H groups in total. The third-order valence-corrected chi connectivity index (χ3v) is 0. The van der Waals surface area contributed by atoms with Crippen molar-refractivity contribution in [1.29, 1.82) is 0 Å². The van der Waals surface area contributed by atoms with Crippen LogP contribution in [0.15, 0.2) is 0 Å². The molecule has 0 fully saturated rings. The van der Waals surface area contributed by atoms with Gasteiger partial charge in [-0.05, 0) is 8.02 Å². The Labute approximate surface area is 65.0 Å². The Balaban J connectivity index is -0.000000000333. The first-order chi connectivity index (χ1) is 1.00. The fraction of sp³-hybridized carbons (Fsp3) is 1.00. The van der Waals surface area contributed by atoms with Crippen molar-refractivity contribution in [3.05, 3.63) is 0 Å². The van der Waals surface area contributed by atoms with Crippen molar-refractivity contribution in [2.45, 2.75) is 44.6 Å². The van der Waals surface area contributed by atoms with Crippen LogP contribution in [0, 0.1) is 0 Å². The van der Waals surface area contributed by atoms with Gasteiger partial charge in [0.15, 0.2) is 0 Å². The van der Waals surface area contributed by atoms with Gasteiger partial charge in [0.2, 0.25) is 0 Å². The molecule has 0 aliphatic carbocycles. The monoisotopic (exact) mass is 160 g/mol. The molecule has 0 saturated carbocycles. The number of hydrogen-bond donors (Lipinski definition) is 0. The maximum atomic E-state index is 3.89. The van der Waals surface area contributed by atoms with Gasteiger partial charge in [0.1, 0.15) is 0 Å². The second-order valence-corrected chi connectivity index (χ2v) is 0. The molecule has 0 heterocycles. The predicted molar refractivity (Wildman–Crippen MR) is 56.1 cm³/mol. The van der Waals surface area contributed by atoms with E-state index in [2.05, 4.69) is 19.8 Å². The van der Waals surface area contributed by atoms with Gasteiger partial charge < -0.3 is 0 Å². The van der Waals surface area contributed by atoms with Gasteiger partial charge in [-0.1, -0.05) is 56.4 Å². The van der Waals surface area contributed by atoms with Crippen molar-refractivity contribution in [3.63, 3.8) is 0 Å². The van der Waals surface area contributed by atoms with Crippen LogP contribution in [0.25, 0.3) is 0 Å². The van der Waals surface area contributed by atoms with Gasteiger partial charge in [-0.25, -0.2) is 0 Å². The summed E-state index contributed by atoms with van der Waals surface area (Å²) in [6.07, 6.45) is 0. The topological polar surface area (TPSA) is 0 Å². The molecular formula is C6H25PS. The highest BCUT2D eigenvalue weighted by atomic mass is 32.4. The summed E-state index contributed by atoms with van der Waals surface area (Å²) in [6.45, 7) is 0. The molecule has 0 bridgehead atoms. The number of hydrogen-bond acceptors (Lipinski definition) is 1. The van der Waals surface area contributed by atoms with Crippen LogP contribution < -0.4 is 0 Å². The third-order valence-electron chi connectivity index (χ3n) is 0. The average molecular weight is 160 g/mol. The Morgan fingerprint density at radius 2 is 0.500 bits per heavy atom. The minimum atomic E-state index is 0. The first kappa shape index (κ1) is 209. The van der Waals surface area contributed by atoms with E-state index in [1.165, 1.54) is 0 Å². The second-order valence-electron chi connectivity index (χ2n) is 0. The normalized spacial score (nSPS) is 0.500. The van der Waals surface area contributed by atoms with Gasteiger partial charge in [-0.2, -0.15) is 0 Å². The van der Waals surface area contributed by atoms with Crippen LogP contribution in [0.3, 0.4) is 0 Å². The molecule has 0 unspecified atom stereocenters. The summed E-state index contributed by atoms with van der Waals surface area (Å²) in [6, 6.07) is 0. The second kappa shape index (κ2) is 1180. The van der Waals surface area contributed by atoms with E-state index >= 15 is 0 Å². The van der Waals surface area contributed by atoms with Crippen LogP contribution in [-0.4, -0.2) is 0 Å². The quantitative estimate of drug-likeness (QED) is 0.473. The van der Waals surface area contributed by atoms with E-state index in [0.29, 0.717) is 0 Å². The van der Waals surface area contributed by atoms with Crippen LogP contribution >= 0.6 is 8.02 Å². The minimum Gasteiger partial charge on any atom is -0.0776 e. The van der Waals surface area contributed by atoms with Gasteiger partial charge in [0, 0.05) is 0 Å². The summed E-state index contributed by atoms with van der Waals surface area (Å²) in [7, 11) is 2.56. The summed E-state index contributed by atoms with van der Waals surface area (Å²) in [5.74, 6) is 0. The van der Waals surface area contributed by atoms with E-state index in [0.717, 1.165) is 0 Å². The lowest BCUT2D eigenvalue weighted by molar-refractivity contribution is 2.50. The first-order valence-electron chi connectivity index (χ1n) is 0.204. The van der Waals surface area contributed by atoms with Crippen molar-refractivity contribution in [3.8, 4) is 0 Å². The highest BCUT2D eigenvalue weighted by Gasteiger charge is 0.655. The smallest absolute Gasteiger partial charge is 0.0437 e. The van der Waals surface area contributed by atoms with Gasteiger partial charge in [-0.15, -0.1) is 0 Å². The predicted octanol–water partition coefficient (Wildman–Crippen LogP) is 4.41. The van der Waals surface area contributed by atoms with Crippen LogP contribution in [-0.2, 0) is 11.8 Å². The van der Waals surface area contributed by atoms with Gasteiger partial charge >= 0.3 is 0 Å². The molecule has 0 nitrogen and oxygen atoms in total. The van der Waals surface area contributed by atoms with E-state index in [1.54, 1.807) is 0 Å². The highest BCUT2D eigenvalue weighted by molar-refractivity contribution is 7.88. The summed E-state index contributed by atoms with van der Waals surface area (Å²) >= 11 is 3.89. The average Bonchev–Trinajstić information content (AvgIpc) is 1.00. The zero-order chi connectivity index (χ0) is 2.00. The molecule has 0 atom stereocenters. The van der Waals surface area contributed by atoms with Gasteiger partial charge in [0.05, 0.1) is 0 Å². The van der Waals surface area contributed by atoms with Crippen LogP contribution in [0.2, 0.25) is 0 Å².